The van der Waals surface area contributed by atoms with E-state index in [1.165, 1.54) is 24.3 Å². The molecule has 1 aromatic carbocycles. The average Bonchev–Trinajstić information content (AvgIpc) is 2.71. The zero-order valence-electron chi connectivity index (χ0n) is 9.80. The molecule has 0 spiro atoms. The van der Waals surface area contributed by atoms with Crippen molar-refractivity contribution < 1.29 is 23.1 Å². The third kappa shape index (κ3) is 3.02. The van der Waals surface area contributed by atoms with Gasteiger partial charge in [-0.3, -0.25) is 4.90 Å². The topological polar surface area (TPSA) is 67.0 Å². The van der Waals surface area contributed by atoms with Gasteiger partial charge in [-0.25, -0.2) is 4.79 Å². The predicted octanol–water partition coefficient (Wildman–Crippen LogP) is 1.96. The number of aliphatic hydroxyl groups excluding tert-OH is 1. The normalized spacial score (nSPS) is 16.9. The number of carbonyl (C=O) groups is 1. The fourth-order valence-electron chi connectivity index (χ4n) is 1.54. The van der Waals surface area contributed by atoms with E-state index in [1.807, 2.05) is 0 Å². The standard InChI is InChI=1S/C11H8ClF3N3O2/c12-7-3-1-6(2-4-7)9-16-17-10(20)18(9)5-8(19)11(13,14)15/h1-4,8,19H,5H2. The summed E-state index contributed by atoms with van der Waals surface area (Å²) in [4.78, 5) is 12.1. The number of hydrogen-bond donors (Lipinski definition) is 1. The van der Waals surface area contributed by atoms with Gasteiger partial charge < -0.3 is 5.11 Å². The van der Waals surface area contributed by atoms with E-state index in [2.05, 4.69) is 10.5 Å². The molecule has 20 heavy (non-hydrogen) atoms. The molecular weight excluding hydrogens is 299 g/mol. The molecular formula is C11H8ClF3N3O2. The summed E-state index contributed by atoms with van der Waals surface area (Å²) in [6.45, 7) is -0.965. The molecule has 1 aliphatic rings. The van der Waals surface area contributed by atoms with Crippen LogP contribution in [0.4, 0.5) is 18.0 Å². The van der Waals surface area contributed by atoms with Crippen LogP contribution in [0.2, 0.25) is 5.02 Å². The quantitative estimate of drug-likeness (QED) is 0.927. The van der Waals surface area contributed by atoms with Gasteiger partial charge in [0, 0.05) is 10.6 Å². The van der Waals surface area contributed by atoms with Crippen LogP contribution in [-0.2, 0) is 0 Å². The lowest BCUT2D eigenvalue weighted by Gasteiger charge is -2.21. The molecule has 1 atom stereocenters. The predicted molar refractivity (Wildman–Crippen MR) is 64.3 cm³/mol. The molecule has 2 rings (SSSR count). The average molecular weight is 307 g/mol. The van der Waals surface area contributed by atoms with E-state index in [9.17, 15) is 18.0 Å². The van der Waals surface area contributed by atoms with E-state index in [0.29, 0.717) is 15.5 Å². The van der Waals surface area contributed by atoms with Crippen molar-refractivity contribution in [3.63, 3.8) is 0 Å². The highest BCUT2D eigenvalue weighted by molar-refractivity contribution is 6.30. The molecule has 0 bridgehead atoms. The van der Waals surface area contributed by atoms with Crippen LogP contribution < -0.4 is 5.43 Å². The molecule has 1 unspecified atom stereocenters. The highest BCUT2D eigenvalue weighted by atomic mass is 35.5. The Labute approximate surface area is 116 Å². The number of urea groups is 1. The van der Waals surface area contributed by atoms with E-state index in [0.717, 1.165) is 0 Å². The number of amides is 2. The monoisotopic (exact) mass is 306 g/mol. The zero-order chi connectivity index (χ0) is 14.9. The van der Waals surface area contributed by atoms with Crippen LogP contribution in [0.25, 0.3) is 0 Å². The van der Waals surface area contributed by atoms with Crippen LogP contribution in [0.1, 0.15) is 5.56 Å². The molecule has 0 aromatic heterocycles. The molecule has 1 aliphatic heterocycles. The maximum Gasteiger partial charge on any atom is 0.416 e. The molecule has 5 nitrogen and oxygen atoms in total. The third-order valence-corrected chi connectivity index (χ3v) is 2.80. The van der Waals surface area contributed by atoms with Crippen molar-refractivity contribution in [2.75, 3.05) is 6.54 Å². The summed E-state index contributed by atoms with van der Waals surface area (Å²) >= 11 is 5.69. The minimum absolute atomic E-state index is 0.0602. The van der Waals surface area contributed by atoms with Gasteiger partial charge in [0.1, 0.15) is 0 Å². The molecule has 0 aliphatic carbocycles. The number of amidine groups is 1. The Morgan fingerprint density at radius 1 is 1.30 bits per heavy atom. The van der Waals surface area contributed by atoms with Crippen LogP contribution in [0.15, 0.2) is 29.4 Å². The number of β-amino-alcohol motifs (C(OH)–C–C–N with tert-alkyl or cyclic N) is 1. The second kappa shape index (κ2) is 5.29. The van der Waals surface area contributed by atoms with Crippen LogP contribution >= 0.6 is 11.6 Å². The summed E-state index contributed by atoms with van der Waals surface area (Å²) in [6, 6.07) is 5.02. The van der Waals surface area contributed by atoms with Crippen LogP contribution in [0.3, 0.4) is 0 Å². The SMILES string of the molecule is O=C1[N]N=C(c2ccc(Cl)cc2)N1CC(O)C(F)(F)F. The Hall–Kier alpha value is -1.80. The van der Waals surface area contributed by atoms with Crippen molar-refractivity contribution in [2.24, 2.45) is 5.10 Å². The lowest BCUT2D eigenvalue weighted by Crippen LogP contribution is -2.44. The summed E-state index contributed by atoms with van der Waals surface area (Å²) in [5.74, 6) is -0.0602. The summed E-state index contributed by atoms with van der Waals surface area (Å²) < 4.78 is 37.0. The summed E-state index contributed by atoms with van der Waals surface area (Å²) in [5, 5.41) is 13.0. The lowest BCUT2D eigenvalue weighted by molar-refractivity contribution is -0.204. The molecule has 107 valence electrons. The molecule has 2 amide bonds. The van der Waals surface area contributed by atoms with Crippen molar-refractivity contribution in [3.8, 4) is 0 Å². The Bertz CT molecular complexity index is 545. The second-order valence-corrected chi connectivity index (χ2v) is 4.42. The molecule has 1 radical (unpaired) electrons. The first kappa shape index (κ1) is 14.6. The smallest absolute Gasteiger partial charge is 0.382 e. The number of nitrogens with zero attached hydrogens (tertiary/aromatic N) is 3. The number of rotatable bonds is 3. The van der Waals surface area contributed by atoms with Crippen molar-refractivity contribution in [1.82, 2.24) is 10.3 Å². The molecule has 1 heterocycles. The first-order valence-electron chi connectivity index (χ1n) is 5.40. The molecule has 0 fully saturated rings. The van der Waals surface area contributed by atoms with Crippen molar-refractivity contribution in [2.45, 2.75) is 12.3 Å². The molecule has 1 N–H and O–H groups in total. The van der Waals surface area contributed by atoms with E-state index in [4.69, 9.17) is 16.7 Å². The van der Waals surface area contributed by atoms with Crippen LogP contribution in [-0.4, -0.2) is 40.7 Å². The van der Waals surface area contributed by atoms with Gasteiger partial charge >= 0.3 is 12.2 Å². The fraction of sp³-hybridized carbons (Fsp3) is 0.273. The number of aliphatic hydroxyl groups is 1. The zero-order valence-corrected chi connectivity index (χ0v) is 10.6. The van der Waals surface area contributed by atoms with Gasteiger partial charge in [-0.05, 0) is 24.3 Å². The van der Waals surface area contributed by atoms with Gasteiger partial charge in [-0.15, -0.1) is 5.10 Å². The number of carbonyl (C=O) groups excluding carboxylic acids is 1. The van der Waals surface area contributed by atoms with E-state index in [-0.39, 0.29) is 5.84 Å². The summed E-state index contributed by atoms with van der Waals surface area (Å²) in [6.07, 6.45) is -7.49. The first-order chi connectivity index (χ1) is 9.29. The Balaban J connectivity index is 2.21. The largest absolute Gasteiger partial charge is 0.416 e. The van der Waals surface area contributed by atoms with Gasteiger partial charge in [0.25, 0.3) is 0 Å². The second-order valence-electron chi connectivity index (χ2n) is 3.98. The maximum absolute atomic E-state index is 12.3. The number of alkyl halides is 3. The number of benzene rings is 1. The number of hydrogen-bond acceptors (Lipinski definition) is 3. The van der Waals surface area contributed by atoms with Crippen molar-refractivity contribution >= 4 is 23.5 Å². The van der Waals surface area contributed by atoms with Gasteiger partial charge in [-0.2, -0.15) is 13.2 Å². The molecule has 1 aromatic rings. The molecule has 0 saturated heterocycles. The molecule has 0 saturated carbocycles. The van der Waals surface area contributed by atoms with Gasteiger partial charge in [-0.1, -0.05) is 17.0 Å². The summed E-state index contributed by atoms with van der Waals surface area (Å²) in [7, 11) is 0. The highest BCUT2D eigenvalue weighted by Crippen LogP contribution is 2.23. The first-order valence-corrected chi connectivity index (χ1v) is 5.78. The van der Waals surface area contributed by atoms with E-state index in [1.54, 1.807) is 0 Å². The Kier molecular flexibility index (Phi) is 3.87. The van der Waals surface area contributed by atoms with Crippen LogP contribution in [0, 0.1) is 0 Å². The van der Waals surface area contributed by atoms with Crippen LogP contribution in [0.5, 0.6) is 0 Å². The van der Waals surface area contributed by atoms with E-state index < -0.39 is 24.9 Å². The minimum Gasteiger partial charge on any atom is -0.382 e. The minimum atomic E-state index is -4.83. The third-order valence-electron chi connectivity index (χ3n) is 2.55. The van der Waals surface area contributed by atoms with Crippen molar-refractivity contribution in [1.29, 1.82) is 0 Å². The maximum atomic E-state index is 12.3. The van der Waals surface area contributed by atoms with Gasteiger partial charge in [0.2, 0.25) is 0 Å². The summed E-state index contributed by atoms with van der Waals surface area (Å²) in [5.41, 5.74) is 3.57. The molecule has 9 heteroatoms. The van der Waals surface area contributed by atoms with E-state index >= 15 is 0 Å². The fourth-order valence-corrected chi connectivity index (χ4v) is 1.67. The van der Waals surface area contributed by atoms with Gasteiger partial charge in [0.15, 0.2) is 11.9 Å². The Morgan fingerprint density at radius 3 is 2.45 bits per heavy atom. The number of halogens is 4. The lowest BCUT2D eigenvalue weighted by atomic mass is 10.2. The van der Waals surface area contributed by atoms with Gasteiger partial charge in [0.05, 0.1) is 6.54 Å². The van der Waals surface area contributed by atoms with Crippen molar-refractivity contribution in [3.05, 3.63) is 34.9 Å². The highest BCUT2D eigenvalue weighted by Gasteiger charge is 2.42. The Morgan fingerprint density at radius 2 is 1.90 bits per heavy atom.